The molecule has 0 radical (unpaired) electrons. The quantitative estimate of drug-likeness (QED) is 0.893. The van der Waals surface area contributed by atoms with Gasteiger partial charge in [0, 0.05) is 5.69 Å². The zero-order valence-electron chi connectivity index (χ0n) is 11.3. The van der Waals surface area contributed by atoms with E-state index in [0.29, 0.717) is 6.54 Å². The molecule has 102 valence electrons. The number of hydrogen-bond donors (Lipinski definition) is 2. The molecule has 1 aliphatic carbocycles. The van der Waals surface area contributed by atoms with E-state index in [-0.39, 0.29) is 11.8 Å². The van der Waals surface area contributed by atoms with Crippen LogP contribution in [-0.2, 0) is 17.6 Å². The van der Waals surface area contributed by atoms with Crippen molar-refractivity contribution >= 4 is 11.6 Å². The van der Waals surface area contributed by atoms with Gasteiger partial charge in [0.1, 0.15) is 0 Å². The third-order valence-corrected chi connectivity index (χ3v) is 3.83. The molecule has 1 aliphatic rings. The summed E-state index contributed by atoms with van der Waals surface area (Å²) in [6.07, 6.45) is 1.71. The van der Waals surface area contributed by atoms with Crippen LogP contribution in [0.4, 0.5) is 5.69 Å². The Hall–Kier alpha value is -2.13. The van der Waals surface area contributed by atoms with Crippen molar-refractivity contribution in [3.05, 3.63) is 65.2 Å². The summed E-state index contributed by atoms with van der Waals surface area (Å²) in [7, 11) is 0. The lowest BCUT2D eigenvalue weighted by Gasteiger charge is -2.28. The highest BCUT2D eigenvalue weighted by Gasteiger charge is 2.31. The topological polar surface area (TPSA) is 55.1 Å². The van der Waals surface area contributed by atoms with Gasteiger partial charge in [-0.15, -0.1) is 0 Å². The second kappa shape index (κ2) is 5.47. The highest BCUT2D eigenvalue weighted by atomic mass is 16.1. The molecule has 0 aliphatic heterocycles. The van der Waals surface area contributed by atoms with Gasteiger partial charge in [-0.05, 0) is 48.2 Å². The summed E-state index contributed by atoms with van der Waals surface area (Å²) in [4.78, 5) is 12.2. The molecule has 3 heteroatoms. The van der Waals surface area contributed by atoms with E-state index < -0.39 is 0 Å². The van der Waals surface area contributed by atoms with Crippen molar-refractivity contribution in [1.29, 1.82) is 0 Å². The molecule has 20 heavy (non-hydrogen) atoms. The molecular weight excluding hydrogens is 248 g/mol. The number of fused-ring (bicyclic) bond motifs is 1. The van der Waals surface area contributed by atoms with Crippen molar-refractivity contribution in [1.82, 2.24) is 0 Å². The van der Waals surface area contributed by atoms with E-state index in [4.69, 9.17) is 5.73 Å². The van der Waals surface area contributed by atoms with Gasteiger partial charge in [-0.1, -0.05) is 36.4 Å². The summed E-state index contributed by atoms with van der Waals surface area (Å²) in [5.41, 5.74) is 10.0. The van der Waals surface area contributed by atoms with Crippen molar-refractivity contribution in [3.8, 4) is 0 Å². The standard InChI is InChI=1S/C17H18N2O/c18-10-9-12-5-7-14(8-6-12)19-17(20)16-11-13-3-1-2-4-15(13)16/h1-8,16H,9-11,18H2,(H,19,20). The number of benzene rings is 2. The molecule has 0 saturated heterocycles. The van der Waals surface area contributed by atoms with Crippen molar-refractivity contribution in [2.75, 3.05) is 11.9 Å². The first-order valence-corrected chi connectivity index (χ1v) is 6.95. The minimum atomic E-state index is -0.00471. The van der Waals surface area contributed by atoms with E-state index in [9.17, 15) is 4.79 Å². The molecule has 3 rings (SSSR count). The molecule has 2 aromatic carbocycles. The van der Waals surface area contributed by atoms with Gasteiger partial charge in [-0.2, -0.15) is 0 Å². The van der Waals surface area contributed by atoms with Gasteiger partial charge >= 0.3 is 0 Å². The highest BCUT2D eigenvalue weighted by Crippen LogP contribution is 2.35. The van der Waals surface area contributed by atoms with Crippen LogP contribution in [-0.4, -0.2) is 12.5 Å². The fraction of sp³-hybridized carbons (Fsp3) is 0.235. The molecule has 3 N–H and O–H groups in total. The first-order chi connectivity index (χ1) is 9.78. The van der Waals surface area contributed by atoms with Crippen LogP contribution in [0.5, 0.6) is 0 Å². The van der Waals surface area contributed by atoms with E-state index in [1.54, 1.807) is 0 Å². The monoisotopic (exact) mass is 266 g/mol. The lowest BCUT2D eigenvalue weighted by Crippen LogP contribution is -2.30. The van der Waals surface area contributed by atoms with Crippen LogP contribution in [0.2, 0.25) is 0 Å². The van der Waals surface area contributed by atoms with Gasteiger partial charge in [0.15, 0.2) is 0 Å². The van der Waals surface area contributed by atoms with E-state index in [1.807, 2.05) is 42.5 Å². The number of carbonyl (C=O) groups is 1. The second-order valence-corrected chi connectivity index (χ2v) is 5.18. The first-order valence-electron chi connectivity index (χ1n) is 6.95. The molecule has 1 amide bonds. The Kier molecular flexibility index (Phi) is 3.52. The lowest BCUT2D eigenvalue weighted by atomic mass is 9.77. The molecule has 0 heterocycles. The summed E-state index contributed by atoms with van der Waals surface area (Å²) in [6, 6.07) is 16.0. The SMILES string of the molecule is NCCc1ccc(NC(=O)C2Cc3ccccc32)cc1. The van der Waals surface area contributed by atoms with Crippen LogP contribution in [0, 0.1) is 0 Å². The van der Waals surface area contributed by atoms with Gasteiger partial charge in [0.05, 0.1) is 5.92 Å². The summed E-state index contributed by atoms with van der Waals surface area (Å²) in [5, 5.41) is 2.98. The van der Waals surface area contributed by atoms with Crippen molar-refractivity contribution in [2.45, 2.75) is 18.8 Å². The van der Waals surface area contributed by atoms with E-state index >= 15 is 0 Å². The van der Waals surface area contributed by atoms with Gasteiger partial charge in [0.25, 0.3) is 0 Å². The van der Waals surface area contributed by atoms with Crippen molar-refractivity contribution in [3.63, 3.8) is 0 Å². The maximum absolute atomic E-state index is 12.2. The summed E-state index contributed by atoms with van der Waals surface area (Å²) >= 11 is 0. The molecule has 2 aromatic rings. The molecule has 0 fully saturated rings. The number of hydrogen-bond acceptors (Lipinski definition) is 2. The Morgan fingerprint density at radius 3 is 2.60 bits per heavy atom. The summed E-state index contributed by atoms with van der Waals surface area (Å²) in [5.74, 6) is 0.0743. The van der Waals surface area contributed by atoms with E-state index in [1.165, 1.54) is 11.1 Å². The summed E-state index contributed by atoms with van der Waals surface area (Å²) < 4.78 is 0. The fourth-order valence-electron chi connectivity index (χ4n) is 2.64. The zero-order valence-corrected chi connectivity index (χ0v) is 11.3. The van der Waals surface area contributed by atoms with Crippen molar-refractivity contribution < 1.29 is 4.79 Å². The maximum atomic E-state index is 12.2. The Morgan fingerprint density at radius 2 is 1.90 bits per heavy atom. The lowest BCUT2D eigenvalue weighted by molar-refractivity contribution is -0.118. The molecule has 0 saturated carbocycles. The van der Waals surface area contributed by atoms with Crippen molar-refractivity contribution in [2.24, 2.45) is 5.73 Å². The van der Waals surface area contributed by atoms with E-state index in [0.717, 1.165) is 24.1 Å². The van der Waals surface area contributed by atoms with Gasteiger partial charge in [-0.25, -0.2) is 0 Å². The molecule has 0 bridgehead atoms. The Bertz CT molecular complexity index is 619. The highest BCUT2D eigenvalue weighted by molar-refractivity contribution is 5.97. The van der Waals surface area contributed by atoms with Gasteiger partial charge in [0.2, 0.25) is 5.91 Å². The predicted molar refractivity (Wildman–Crippen MR) is 80.7 cm³/mol. The first kappa shape index (κ1) is 12.9. The smallest absolute Gasteiger partial charge is 0.232 e. The second-order valence-electron chi connectivity index (χ2n) is 5.18. The minimum absolute atomic E-state index is 0.00471. The Morgan fingerprint density at radius 1 is 1.15 bits per heavy atom. The van der Waals surface area contributed by atoms with Crippen LogP contribution in [0.15, 0.2) is 48.5 Å². The number of nitrogens with one attached hydrogen (secondary N) is 1. The number of nitrogens with two attached hydrogens (primary N) is 1. The van der Waals surface area contributed by atoms with E-state index in [2.05, 4.69) is 11.4 Å². The minimum Gasteiger partial charge on any atom is -0.330 e. The summed E-state index contributed by atoms with van der Waals surface area (Å²) in [6.45, 7) is 0.643. The van der Waals surface area contributed by atoms with Gasteiger partial charge in [-0.3, -0.25) is 4.79 Å². The number of rotatable bonds is 4. The normalized spacial score (nSPS) is 16.1. The average Bonchev–Trinajstić information content (AvgIpc) is 2.43. The van der Waals surface area contributed by atoms with Crippen LogP contribution in [0.3, 0.4) is 0 Å². The predicted octanol–water partition coefficient (Wildman–Crippen LogP) is 2.47. The fourth-order valence-corrected chi connectivity index (χ4v) is 2.64. The average molecular weight is 266 g/mol. The zero-order chi connectivity index (χ0) is 13.9. The molecule has 0 spiro atoms. The van der Waals surface area contributed by atoms with Crippen LogP contribution in [0.25, 0.3) is 0 Å². The molecule has 1 unspecified atom stereocenters. The Balaban J connectivity index is 1.65. The van der Waals surface area contributed by atoms with Crippen LogP contribution < -0.4 is 11.1 Å². The third kappa shape index (κ3) is 2.45. The maximum Gasteiger partial charge on any atom is 0.232 e. The number of carbonyl (C=O) groups excluding carboxylic acids is 1. The van der Waals surface area contributed by atoms with Gasteiger partial charge < -0.3 is 11.1 Å². The Labute approximate surface area is 118 Å². The number of anilines is 1. The largest absolute Gasteiger partial charge is 0.330 e. The molecule has 3 nitrogen and oxygen atoms in total. The molecule has 0 aromatic heterocycles. The third-order valence-electron chi connectivity index (χ3n) is 3.83. The molecule has 1 atom stereocenters. The van der Waals surface area contributed by atoms with Crippen LogP contribution >= 0.6 is 0 Å². The number of amides is 1. The molecular formula is C17H18N2O. The van der Waals surface area contributed by atoms with Crippen LogP contribution in [0.1, 0.15) is 22.6 Å².